The van der Waals surface area contributed by atoms with E-state index in [-0.39, 0.29) is 5.91 Å². The van der Waals surface area contributed by atoms with Crippen LogP contribution in [0.15, 0.2) is 48.7 Å². The van der Waals surface area contributed by atoms with Gasteiger partial charge >= 0.3 is 0 Å². The highest BCUT2D eigenvalue weighted by Gasteiger charge is 2.19. The number of fused-ring (bicyclic) bond motifs is 1. The number of aryl methyl sites for hydroxylation is 1. The van der Waals surface area contributed by atoms with Crippen LogP contribution >= 0.6 is 0 Å². The first-order valence-corrected chi connectivity index (χ1v) is 7.67. The standard InChI is InChI=1S/C19H20N2O2/c1-4-21(14-7-5-6-13(2)10-14)19(22)17-12-20-18-11-15(23-3)8-9-16(17)18/h5-12,20H,4H2,1-3H3. The zero-order valence-electron chi connectivity index (χ0n) is 13.6. The summed E-state index contributed by atoms with van der Waals surface area (Å²) in [6.45, 7) is 4.63. The third-order valence-corrected chi connectivity index (χ3v) is 3.99. The molecule has 0 fully saturated rings. The summed E-state index contributed by atoms with van der Waals surface area (Å²) < 4.78 is 5.23. The fourth-order valence-corrected chi connectivity index (χ4v) is 2.79. The van der Waals surface area contributed by atoms with E-state index < -0.39 is 0 Å². The zero-order chi connectivity index (χ0) is 16.4. The molecule has 0 aliphatic heterocycles. The van der Waals surface area contributed by atoms with Crippen molar-refractivity contribution in [3.05, 3.63) is 59.8 Å². The molecule has 0 saturated heterocycles. The predicted molar refractivity (Wildman–Crippen MR) is 93.4 cm³/mol. The van der Waals surface area contributed by atoms with Gasteiger partial charge in [0.1, 0.15) is 5.75 Å². The number of carbonyl (C=O) groups excluding carboxylic acids is 1. The van der Waals surface area contributed by atoms with Crippen molar-refractivity contribution in [2.75, 3.05) is 18.6 Å². The van der Waals surface area contributed by atoms with Crippen LogP contribution in [0, 0.1) is 6.92 Å². The Morgan fingerprint density at radius 3 is 2.74 bits per heavy atom. The number of hydrogen-bond donors (Lipinski definition) is 1. The lowest BCUT2D eigenvalue weighted by molar-refractivity contribution is 0.0990. The zero-order valence-corrected chi connectivity index (χ0v) is 13.6. The molecule has 0 radical (unpaired) electrons. The molecule has 118 valence electrons. The summed E-state index contributed by atoms with van der Waals surface area (Å²) in [4.78, 5) is 17.9. The van der Waals surface area contributed by atoms with E-state index >= 15 is 0 Å². The largest absolute Gasteiger partial charge is 0.497 e. The molecule has 3 rings (SSSR count). The highest BCUT2D eigenvalue weighted by molar-refractivity contribution is 6.14. The molecule has 1 aromatic heterocycles. The SMILES string of the molecule is CCN(C(=O)c1c[nH]c2cc(OC)ccc12)c1cccc(C)c1. The number of rotatable bonds is 4. The minimum absolute atomic E-state index is 0.00508. The third-order valence-electron chi connectivity index (χ3n) is 3.99. The van der Waals surface area contributed by atoms with Crippen molar-refractivity contribution in [3.8, 4) is 5.75 Å². The molecular weight excluding hydrogens is 288 g/mol. The topological polar surface area (TPSA) is 45.3 Å². The van der Waals surface area contributed by atoms with E-state index in [9.17, 15) is 4.79 Å². The Kier molecular flexibility index (Phi) is 4.06. The average molecular weight is 308 g/mol. The number of anilines is 1. The summed E-state index contributed by atoms with van der Waals surface area (Å²) in [5.41, 5.74) is 3.62. The van der Waals surface area contributed by atoms with Crippen LogP contribution in [0.3, 0.4) is 0 Å². The van der Waals surface area contributed by atoms with E-state index in [2.05, 4.69) is 4.98 Å². The van der Waals surface area contributed by atoms with Gasteiger partial charge in [0.05, 0.1) is 12.7 Å². The Morgan fingerprint density at radius 2 is 2.04 bits per heavy atom. The van der Waals surface area contributed by atoms with Crippen LogP contribution in [0.25, 0.3) is 10.9 Å². The molecule has 0 unspecified atom stereocenters. The average Bonchev–Trinajstić information content (AvgIpc) is 2.98. The number of carbonyl (C=O) groups is 1. The Bertz CT molecular complexity index is 851. The van der Waals surface area contributed by atoms with Gasteiger partial charge in [-0.05, 0) is 43.7 Å². The number of nitrogens with one attached hydrogen (secondary N) is 1. The van der Waals surface area contributed by atoms with Gasteiger partial charge in [0.2, 0.25) is 0 Å². The summed E-state index contributed by atoms with van der Waals surface area (Å²) >= 11 is 0. The lowest BCUT2D eigenvalue weighted by Gasteiger charge is -2.21. The molecule has 1 N–H and O–H groups in total. The minimum atomic E-state index is -0.00508. The molecule has 0 aliphatic rings. The van der Waals surface area contributed by atoms with Gasteiger partial charge in [0.15, 0.2) is 0 Å². The number of amides is 1. The molecule has 0 aliphatic carbocycles. The minimum Gasteiger partial charge on any atom is -0.497 e. The molecule has 2 aromatic carbocycles. The maximum absolute atomic E-state index is 13.0. The van der Waals surface area contributed by atoms with Crippen molar-refractivity contribution in [2.45, 2.75) is 13.8 Å². The second-order valence-corrected chi connectivity index (χ2v) is 5.50. The van der Waals surface area contributed by atoms with Crippen molar-refractivity contribution in [2.24, 2.45) is 0 Å². The normalized spacial score (nSPS) is 10.7. The van der Waals surface area contributed by atoms with E-state index in [0.717, 1.165) is 27.9 Å². The predicted octanol–water partition coefficient (Wildman–Crippen LogP) is 4.15. The Hall–Kier alpha value is -2.75. The molecule has 4 nitrogen and oxygen atoms in total. The van der Waals surface area contributed by atoms with Crippen LogP contribution < -0.4 is 9.64 Å². The van der Waals surface area contributed by atoms with Gasteiger partial charge in [0.25, 0.3) is 5.91 Å². The van der Waals surface area contributed by atoms with Gasteiger partial charge in [-0.15, -0.1) is 0 Å². The van der Waals surface area contributed by atoms with Crippen molar-refractivity contribution in [3.63, 3.8) is 0 Å². The van der Waals surface area contributed by atoms with Gasteiger partial charge in [-0.3, -0.25) is 4.79 Å². The van der Waals surface area contributed by atoms with Crippen molar-refractivity contribution in [1.29, 1.82) is 0 Å². The van der Waals surface area contributed by atoms with E-state index in [1.165, 1.54) is 0 Å². The molecule has 1 heterocycles. The van der Waals surface area contributed by atoms with Gasteiger partial charge < -0.3 is 14.6 Å². The summed E-state index contributed by atoms with van der Waals surface area (Å²) in [6, 6.07) is 13.7. The molecule has 0 spiro atoms. The fraction of sp³-hybridized carbons (Fsp3) is 0.211. The maximum Gasteiger partial charge on any atom is 0.260 e. The number of benzene rings is 2. The highest BCUT2D eigenvalue weighted by atomic mass is 16.5. The van der Waals surface area contributed by atoms with Crippen molar-refractivity contribution < 1.29 is 9.53 Å². The van der Waals surface area contributed by atoms with E-state index in [4.69, 9.17) is 4.74 Å². The molecule has 23 heavy (non-hydrogen) atoms. The first-order valence-electron chi connectivity index (χ1n) is 7.67. The second kappa shape index (κ2) is 6.16. The second-order valence-electron chi connectivity index (χ2n) is 5.50. The fourth-order valence-electron chi connectivity index (χ4n) is 2.79. The molecule has 0 saturated carbocycles. The quantitative estimate of drug-likeness (QED) is 0.787. The molecule has 4 heteroatoms. The number of aromatic nitrogens is 1. The summed E-state index contributed by atoms with van der Waals surface area (Å²) in [5, 5.41) is 0.905. The smallest absolute Gasteiger partial charge is 0.260 e. The van der Waals surface area contributed by atoms with Gasteiger partial charge in [-0.25, -0.2) is 0 Å². The van der Waals surface area contributed by atoms with Gasteiger partial charge in [-0.1, -0.05) is 12.1 Å². The number of aromatic amines is 1. The van der Waals surface area contributed by atoms with Crippen LogP contribution in [-0.2, 0) is 0 Å². The van der Waals surface area contributed by atoms with Crippen LogP contribution in [0.1, 0.15) is 22.8 Å². The number of hydrogen-bond acceptors (Lipinski definition) is 2. The summed E-state index contributed by atoms with van der Waals surface area (Å²) in [7, 11) is 1.63. The van der Waals surface area contributed by atoms with Crippen LogP contribution in [0.5, 0.6) is 5.75 Å². The lowest BCUT2D eigenvalue weighted by Crippen LogP contribution is -2.30. The monoisotopic (exact) mass is 308 g/mol. The number of H-pyrrole nitrogens is 1. The van der Waals surface area contributed by atoms with Gasteiger partial charge in [0, 0.05) is 35.4 Å². The Balaban J connectivity index is 2.01. The number of ether oxygens (including phenoxy) is 1. The summed E-state index contributed by atoms with van der Waals surface area (Å²) in [6.07, 6.45) is 1.77. The summed E-state index contributed by atoms with van der Waals surface area (Å²) in [5.74, 6) is 0.763. The van der Waals surface area contributed by atoms with E-state index in [1.54, 1.807) is 18.2 Å². The molecule has 1 amide bonds. The van der Waals surface area contributed by atoms with Crippen LogP contribution in [0.4, 0.5) is 5.69 Å². The highest BCUT2D eigenvalue weighted by Crippen LogP contribution is 2.26. The maximum atomic E-state index is 13.0. The first-order chi connectivity index (χ1) is 11.1. The lowest BCUT2D eigenvalue weighted by atomic mass is 10.1. The Labute approximate surface area is 135 Å². The first kappa shape index (κ1) is 15.2. The van der Waals surface area contributed by atoms with Crippen LogP contribution in [-0.4, -0.2) is 24.5 Å². The third kappa shape index (κ3) is 2.80. The Morgan fingerprint density at radius 1 is 1.22 bits per heavy atom. The molecule has 0 atom stereocenters. The molecular formula is C19H20N2O2. The molecule has 3 aromatic rings. The molecule has 0 bridgehead atoms. The van der Waals surface area contributed by atoms with Gasteiger partial charge in [-0.2, -0.15) is 0 Å². The van der Waals surface area contributed by atoms with Crippen molar-refractivity contribution >= 4 is 22.5 Å². The van der Waals surface area contributed by atoms with E-state index in [1.807, 2.05) is 56.3 Å². The number of methoxy groups -OCH3 is 1. The van der Waals surface area contributed by atoms with Crippen LogP contribution in [0.2, 0.25) is 0 Å². The van der Waals surface area contributed by atoms with E-state index in [0.29, 0.717) is 12.1 Å². The number of nitrogens with zero attached hydrogens (tertiary/aromatic N) is 1. The van der Waals surface area contributed by atoms with Crippen molar-refractivity contribution in [1.82, 2.24) is 4.98 Å².